The third kappa shape index (κ3) is 2.47. The van der Waals surface area contributed by atoms with Crippen molar-refractivity contribution < 1.29 is 4.79 Å². The van der Waals surface area contributed by atoms with Gasteiger partial charge >= 0.3 is 6.03 Å². The van der Waals surface area contributed by atoms with Crippen molar-refractivity contribution in [2.24, 2.45) is 0 Å². The fourth-order valence-electron chi connectivity index (χ4n) is 0.972. The van der Waals surface area contributed by atoms with Gasteiger partial charge < -0.3 is 5.32 Å². The lowest BCUT2D eigenvalue weighted by Crippen LogP contribution is -2.35. The Morgan fingerprint density at radius 3 is 2.62 bits per heavy atom. The molecule has 0 saturated heterocycles. The summed E-state index contributed by atoms with van der Waals surface area (Å²) < 4.78 is 0. The number of benzene rings is 1. The Balaban J connectivity index is 2.68. The summed E-state index contributed by atoms with van der Waals surface area (Å²) >= 11 is 0. The number of hydrogen-bond acceptors (Lipinski definition) is 1. The van der Waals surface area contributed by atoms with Crippen LogP contribution in [0.5, 0.6) is 0 Å². The molecule has 1 rings (SSSR count). The number of carbonyl (C=O) groups is 1. The van der Waals surface area contributed by atoms with Gasteiger partial charge in [0, 0.05) is 19.3 Å². The normalized spacial score (nSPS) is 9.38. The van der Waals surface area contributed by atoms with Crippen molar-refractivity contribution in [3.8, 4) is 0 Å². The molecule has 0 atom stereocenters. The average Bonchev–Trinajstić information content (AvgIpc) is 2.18. The van der Waals surface area contributed by atoms with E-state index < -0.39 is 0 Å². The van der Waals surface area contributed by atoms with E-state index in [0.717, 1.165) is 5.69 Å². The Bertz CT molecular complexity index is 272. The maximum atomic E-state index is 11.3. The summed E-state index contributed by atoms with van der Waals surface area (Å²) in [7, 11) is 3.65. The van der Waals surface area contributed by atoms with Gasteiger partial charge in [0.1, 0.15) is 0 Å². The zero-order chi connectivity index (χ0) is 9.68. The zero-order valence-electron chi connectivity index (χ0n) is 7.66. The molecule has 1 N–H and O–H groups in total. The van der Waals surface area contributed by atoms with Crippen molar-refractivity contribution in [3.63, 3.8) is 0 Å². The molecule has 1 aromatic carbocycles. The van der Waals surface area contributed by atoms with Gasteiger partial charge in [-0.25, -0.2) is 4.79 Å². The quantitative estimate of drug-likeness (QED) is 0.736. The Kier molecular flexibility index (Phi) is 3.31. The number of nitrogens with zero attached hydrogens (tertiary/aromatic N) is 1. The first-order valence-corrected chi connectivity index (χ1v) is 4.19. The van der Waals surface area contributed by atoms with Gasteiger partial charge in [-0.15, -0.1) is 0 Å². The summed E-state index contributed by atoms with van der Waals surface area (Å²) in [6.45, 7) is 2.48. The molecule has 0 aliphatic rings. The highest BCUT2D eigenvalue weighted by Gasteiger charge is 2.07. The Hall–Kier alpha value is -1.51. The summed E-state index contributed by atoms with van der Waals surface area (Å²) in [5, 5.41) is 2.67. The standard InChI is InChI=1S/C10H13N2O/c1-3-11-10(13)12(2)9-7-5-4-6-8-9/h4-8H,2-3H2,1H3,(H,11,13). The second kappa shape index (κ2) is 4.50. The Morgan fingerprint density at radius 1 is 1.46 bits per heavy atom. The van der Waals surface area contributed by atoms with Gasteiger partial charge in [-0.2, -0.15) is 0 Å². The van der Waals surface area contributed by atoms with Gasteiger partial charge in [-0.1, -0.05) is 18.2 Å². The van der Waals surface area contributed by atoms with Gasteiger partial charge in [-0.3, -0.25) is 4.90 Å². The highest BCUT2D eigenvalue weighted by atomic mass is 16.2. The van der Waals surface area contributed by atoms with E-state index in [4.69, 9.17) is 0 Å². The topological polar surface area (TPSA) is 32.3 Å². The molecule has 0 heterocycles. The molecular weight excluding hydrogens is 164 g/mol. The van der Waals surface area contributed by atoms with E-state index in [2.05, 4.69) is 12.4 Å². The molecule has 3 heteroatoms. The maximum Gasteiger partial charge on any atom is 0.321 e. The molecule has 1 radical (unpaired) electrons. The predicted molar refractivity (Wildman–Crippen MR) is 53.4 cm³/mol. The lowest BCUT2D eigenvalue weighted by Gasteiger charge is -2.16. The summed E-state index contributed by atoms with van der Waals surface area (Å²) in [5.74, 6) is 0. The van der Waals surface area contributed by atoms with Gasteiger partial charge in [0.15, 0.2) is 0 Å². The van der Waals surface area contributed by atoms with Crippen LogP contribution in [-0.2, 0) is 0 Å². The van der Waals surface area contributed by atoms with Crippen LogP contribution in [0.25, 0.3) is 0 Å². The highest BCUT2D eigenvalue weighted by molar-refractivity contribution is 5.92. The van der Waals surface area contributed by atoms with Crippen LogP contribution in [0.1, 0.15) is 6.92 Å². The average molecular weight is 177 g/mol. The van der Waals surface area contributed by atoms with Crippen LogP contribution >= 0.6 is 0 Å². The molecular formula is C10H13N2O. The van der Waals surface area contributed by atoms with Crippen LogP contribution in [0.3, 0.4) is 0 Å². The fourth-order valence-corrected chi connectivity index (χ4v) is 0.972. The number of amides is 2. The summed E-state index contributed by atoms with van der Waals surface area (Å²) in [6.07, 6.45) is 0. The Labute approximate surface area is 78.4 Å². The molecule has 0 aromatic heterocycles. The monoisotopic (exact) mass is 177 g/mol. The van der Waals surface area contributed by atoms with Crippen molar-refractivity contribution >= 4 is 11.7 Å². The highest BCUT2D eigenvalue weighted by Crippen LogP contribution is 2.11. The van der Waals surface area contributed by atoms with Crippen LogP contribution in [-0.4, -0.2) is 12.6 Å². The molecule has 0 aliphatic heterocycles. The summed E-state index contributed by atoms with van der Waals surface area (Å²) in [5.41, 5.74) is 0.786. The van der Waals surface area contributed by atoms with Crippen LogP contribution in [0.2, 0.25) is 0 Å². The van der Waals surface area contributed by atoms with Crippen molar-refractivity contribution in [2.75, 3.05) is 11.4 Å². The predicted octanol–water partition coefficient (Wildman–Crippen LogP) is 2.01. The molecule has 13 heavy (non-hydrogen) atoms. The minimum atomic E-state index is -0.186. The molecule has 0 saturated carbocycles. The number of anilines is 1. The van der Waals surface area contributed by atoms with E-state index in [1.165, 1.54) is 4.90 Å². The van der Waals surface area contributed by atoms with E-state index in [1.54, 1.807) is 0 Å². The molecule has 69 valence electrons. The number of para-hydroxylation sites is 1. The van der Waals surface area contributed by atoms with Crippen molar-refractivity contribution in [1.29, 1.82) is 0 Å². The molecule has 0 spiro atoms. The van der Waals surface area contributed by atoms with Crippen LogP contribution in [0.15, 0.2) is 30.3 Å². The molecule has 0 bridgehead atoms. The molecule has 0 fully saturated rings. The second-order valence-corrected chi connectivity index (χ2v) is 2.60. The summed E-state index contributed by atoms with van der Waals surface area (Å²) in [4.78, 5) is 12.6. The van der Waals surface area contributed by atoms with E-state index in [1.807, 2.05) is 37.3 Å². The second-order valence-electron chi connectivity index (χ2n) is 2.60. The third-order valence-corrected chi connectivity index (χ3v) is 1.64. The number of urea groups is 1. The van der Waals surface area contributed by atoms with E-state index in [9.17, 15) is 4.79 Å². The number of carbonyl (C=O) groups excluding carboxylic acids is 1. The minimum Gasteiger partial charge on any atom is -0.338 e. The van der Waals surface area contributed by atoms with Gasteiger partial charge in [-0.05, 0) is 19.1 Å². The maximum absolute atomic E-state index is 11.3. The van der Waals surface area contributed by atoms with Crippen molar-refractivity contribution in [3.05, 3.63) is 37.4 Å². The van der Waals surface area contributed by atoms with Crippen molar-refractivity contribution in [2.45, 2.75) is 6.92 Å². The zero-order valence-corrected chi connectivity index (χ0v) is 7.66. The lowest BCUT2D eigenvalue weighted by atomic mass is 10.3. The lowest BCUT2D eigenvalue weighted by molar-refractivity contribution is 0.248. The number of nitrogens with one attached hydrogen (secondary N) is 1. The summed E-state index contributed by atoms with van der Waals surface area (Å²) in [6, 6.07) is 9.12. The molecule has 2 amide bonds. The molecule has 0 unspecified atom stereocenters. The number of hydrogen-bond donors (Lipinski definition) is 1. The first-order chi connectivity index (χ1) is 6.25. The van der Waals surface area contributed by atoms with Gasteiger partial charge in [0.05, 0.1) is 0 Å². The SMILES string of the molecule is [CH2]N(C(=O)NCC)c1ccccc1. The van der Waals surface area contributed by atoms with Gasteiger partial charge in [0.25, 0.3) is 0 Å². The van der Waals surface area contributed by atoms with Crippen LogP contribution < -0.4 is 10.2 Å². The first-order valence-electron chi connectivity index (χ1n) is 4.19. The molecule has 0 aliphatic carbocycles. The third-order valence-electron chi connectivity index (χ3n) is 1.64. The largest absolute Gasteiger partial charge is 0.338 e. The smallest absolute Gasteiger partial charge is 0.321 e. The van der Waals surface area contributed by atoms with Crippen LogP contribution in [0, 0.1) is 7.05 Å². The first kappa shape index (κ1) is 9.58. The van der Waals surface area contributed by atoms with E-state index in [-0.39, 0.29) is 6.03 Å². The van der Waals surface area contributed by atoms with Crippen molar-refractivity contribution in [1.82, 2.24) is 5.32 Å². The van der Waals surface area contributed by atoms with Gasteiger partial charge in [0.2, 0.25) is 0 Å². The minimum absolute atomic E-state index is 0.186. The number of rotatable bonds is 2. The van der Waals surface area contributed by atoms with E-state index in [0.29, 0.717) is 6.54 Å². The van der Waals surface area contributed by atoms with Crippen LogP contribution in [0.4, 0.5) is 10.5 Å². The fraction of sp³-hybridized carbons (Fsp3) is 0.200. The van der Waals surface area contributed by atoms with E-state index >= 15 is 0 Å². The Morgan fingerprint density at radius 2 is 2.08 bits per heavy atom. The molecule has 3 nitrogen and oxygen atoms in total. The molecule has 1 aromatic rings.